The minimum Gasteiger partial charge on any atom is -0.497 e. The number of ether oxygens (including phenoxy) is 1. The molecule has 0 fully saturated rings. The SMILES string of the molecule is COc1cccc(C2=Nc3cccnc3N(CC(=O)Nc3ccc(C)c(Cl)c3)C(=O)C2)c1. The lowest BCUT2D eigenvalue weighted by Gasteiger charge is -2.20. The van der Waals surface area contributed by atoms with Crippen LogP contribution in [0.25, 0.3) is 0 Å². The highest BCUT2D eigenvalue weighted by Crippen LogP contribution is 2.31. The van der Waals surface area contributed by atoms with Crippen LogP contribution in [0.3, 0.4) is 0 Å². The fourth-order valence-corrected chi connectivity index (χ4v) is 3.55. The van der Waals surface area contributed by atoms with Crippen LogP contribution in [0.4, 0.5) is 17.2 Å². The standard InChI is InChI=1S/C24H21ClN4O3/c1-15-8-9-17(12-19(15)25)27-22(30)14-29-23(31)13-21(16-5-3-6-18(11-16)32-2)28-20-7-4-10-26-24(20)29/h3-12H,13-14H2,1-2H3,(H,27,30). The summed E-state index contributed by atoms with van der Waals surface area (Å²) in [5, 5.41) is 3.34. The van der Waals surface area contributed by atoms with Crippen LogP contribution >= 0.6 is 11.6 Å². The quantitative estimate of drug-likeness (QED) is 0.620. The van der Waals surface area contributed by atoms with Crippen LogP contribution in [0.2, 0.25) is 5.02 Å². The van der Waals surface area contributed by atoms with Crippen LogP contribution < -0.4 is 15.0 Å². The molecule has 32 heavy (non-hydrogen) atoms. The summed E-state index contributed by atoms with van der Waals surface area (Å²) in [5.41, 5.74) is 3.34. The molecule has 2 heterocycles. The molecule has 0 aliphatic carbocycles. The Hall–Kier alpha value is -3.71. The van der Waals surface area contributed by atoms with Gasteiger partial charge in [-0.2, -0.15) is 0 Å². The van der Waals surface area contributed by atoms with Gasteiger partial charge in [0.25, 0.3) is 0 Å². The summed E-state index contributed by atoms with van der Waals surface area (Å²) in [6.45, 7) is 1.68. The second-order valence-electron chi connectivity index (χ2n) is 7.31. The van der Waals surface area contributed by atoms with Gasteiger partial charge < -0.3 is 10.1 Å². The van der Waals surface area contributed by atoms with Gasteiger partial charge in [-0.15, -0.1) is 0 Å². The number of nitrogens with zero attached hydrogens (tertiary/aromatic N) is 3. The van der Waals surface area contributed by atoms with Gasteiger partial charge in [0.1, 0.15) is 18.0 Å². The number of hydrogen-bond donors (Lipinski definition) is 1. The number of hydrogen-bond acceptors (Lipinski definition) is 5. The molecule has 0 atom stereocenters. The van der Waals surface area contributed by atoms with Gasteiger partial charge in [0, 0.05) is 22.5 Å². The summed E-state index contributed by atoms with van der Waals surface area (Å²) in [5.74, 6) is 0.370. The van der Waals surface area contributed by atoms with Crippen molar-refractivity contribution in [1.29, 1.82) is 0 Å². The zero-order valence-corrected chi connectivity index (χ0v) is 18.4. The van der Waals surface area contributed by atoms with Crippen molar-refractivity contribution in [3.63, 3.8) is 0 Å². The number of anilines is 2. The fourth-order valence-electron chi connectivity index (χ4n) is 3.37. The largest absolute Gasteiger partial charge is 0.497 e. The van der Waals surface area contributed by atoms with E-state index in [1.54, 1.807) is 37.6 Å². The van der Waals surface area contributed by atoms with Crippen molar-refractivity contribution >= 4 is 46.3 Å². The molecule has 4 rings (SSSR count). The van der Waals surface area contributed by atoms with Gasteiger partial charge in [-0.1, -0.05) is 29.8 Å². The first-order valence-corrected chi connectivity index (χ1v) is 10.4. The van der Waals surface area contributed by atoms with E-state index in [9.17, 15) is 9.59 Å². The summed E-state index contributed by atoms with van der Waals surface area (Å²) >= 11 is 6.15. The number of pyridine rings is 1. The predicted octanol–water partition coefficient (Wildman–Crippen LogP) is 4.55. The Morgan fingerprint density at radius 1 is 1.19 bits per heavy atom. The average molecular weight is 449 g/mol. The van der Waals surface area contributed by atoms with Gasteiger partial charge in [-0.3, -0.25) is 14.5 Å². The van der Waals surface area contributed by atoms with E-state index in [0.717, 1.165) is 11.1 Å². The van der Waals surface area contributed by atoms with Crippen LogP contribution in [0, 0.1) is 6.92 Å². The molecular formula is C24H21ClN4O3. The zero-order chi connectivity index (χ0) is 22.7. The van der Waals surface area contributed by atoms with Crippen molar-refractivity contribution in [3.05, 3.63) is 76.9 Å². The van der Waals surface area contributed by atoms with Crippen LogP contribution in [-0.4, -0.2) is 36.2 Å². The normalized spacial score (nSPS) is 13.2. The fraction of sp³-hybridized carbons (Fsp3) is 0.167. The maximum absolute atomic E-state index is 13.2. The van der Waals surface area contributed by atoms with E-state index in [4.69, 9.17) is 16.3 Å². The molecule has 0 saturated carbocycles. The average Bonchev–Trinajstić information content (AvgIpc) is 2.93. The lowest BCUT2D eigenvalue weighted by atomic mass is 10.1. The topological polar surface area (TPSA) is 83.9 Å². The predicted molar refractivity (Wildman–Crippen MR) is 125 cm³/mol. The Bertz CT molecular complexity index is 1230. The van der Waals surface area contributed by atoms with Gasteiger partial charge in [0.15, 0.2) is 5.82 Å². The smallest absolute Gasteiger partial charge is 0.244 e. The second-order valence-corrected chi connectivity index (χ2v) is 7.71. The Morgan fingerprint density at radius 3 is 2.81 bits per heavy atom. The Morgan fingerprint density at radius 2 is 2.03 bits per heavy atom. The third-order valence-electron chi connectivity index (χ3n) is 5.06. The number of carbonyl (C=O) groups excluding carboxylic acids is 2. The molecule has 7 nitrogen and oxygen atoms in total. The Balaban J connectivity index is 1.60. The van der Waals surface area contributed by atoms with Crippen molar-refractivity contribution in [2.75, 3.05) is 23.9 Å². The summed E-state index contributed by atoms with van der Waals surface area (Å²) in [4.78, 5) is 36.3. The first-order valence-electron chi connectivity index (χ1n) is 9.98. The Labute approximate surface area is 190 Å². The first kappa shape index (κ1) is 21.5. The number of carbonyl (C=O) groups is 2. The molecule has 1 aliphatic heterocycles. The molecule has 1 aromatic heterocycles. The maximum atomic E-state index is 13.2. The summed E-state index contributed by atoms with van der Waals surface area (Å²) in [6, 6.07) is 16.1. The van der Waals surface area contributed by atoms with E-state index in [0.29, 0.717) is 33.7 Å². The number of aliphatic imine (C=N–C) groups is 1. The van der Waals surface area contributed by atoms with Gasteiger partial charge >= 0.3 is 0 Å². The molecule has 0 radical (unpaired) electrons. The van der Waals surface area contributed by atoms with Crippen LogP contribution in [0.5, 0.6) is 5.75 Å². The minimum atomic E-state index is -0.361. The second kappa shape index (κ2) is 9.20. The summed E-state index contributed by atoms with van der Waals surface area (Å²) < 4.78 is 5.29. The highest BCUT2D eigenvalue weighted by atomic mass is 35.5. The number of fused-ring (bicyclic) bond motifs is 1. The van der Waals surface area contributed by atoms with Crippen molar-refractivity contribution < 1.29 is 14.3 Å². The minimum absolute atomic E-state index is 0.0210. The number of benzene rings is 2. The molecule has 3 aromatic rings. The molecule has 2 amide bonds. The number of methoxy groups -OCH3 is 1. The van der Waals surface area contributed by atoms with E-state index in [1.807, 2.05) is 37.3 Å². The zero-order valence-electron chi connectivity index (χ0n) is 17.6. The van der Waals surface area contributed by atoms with E-state index in [-0.39, 0.29) is 24.8 Å². The molecule has 0 bridgehead atoms. The van der Waals surface area contributed by atoms with Gasteiger partial charge in [0.05, 0.1) is 19.2 Å². The van der Waals surface area contributed by atoms with E-state index < -0.39 is 0 Å². The molecule has 0 unspecified atom stereocenters. The summed E-state index contributed by atoms with van der Waals surface area (Å²) in [6.07, 6.45) is 1.59. The van der Waals surface area contributed by atoms with Gasteiger partial charge in [0.2, 0.25) is 11.8 Å². The molecule has 1 N–H and O–H groups in total. The van der Waals surface area contributed by atoms with Crippen LogP contribution in [-0.2, 0) is 9.59 Å². The van der Waals surface area contributed by atoms with Crippen molar-refractivity contribution in [3.8, 4) is 5.75 Å². The molecular weight excluding hydrogens is 428 g/mol. The van der Waals surface area contributed by atoms with E-state index in [1.165, 1.54) is 4.90 Å². The van der Waals surface area contributed by atoms with Crippen molar-refractivity contribution in [1.82, 2.24) is 4.98 Å². The molecule has 2 aromatic carbocycles. The van der Waals surface area contributed by atoms with Gasteiger partial charge in [-0.05, 0) is 48.9 Å². The highest BCUT2D eigenvalue weighted by Gasteiger charge is 2.28. The molecule has 162 valence electrons. The highest BCUT2D eigenvalue weighted by molar-refractivity contribution is 6.31. The van der Waals surface area contributed by atoms with E-state index >= 15 is 0 Å². The number of aromatic nitrogens is 1. The molecule has 0 saturated heterocycles. The van der Waals surface area contributed by atoms with Crippen molar-refractivity contribution in [2.24, 2.45) is 4.99 Å². The molecule has 1 aliphatic rings. The number of amides is 2. The van der Waals surface area contributed by atoms with Crippen molar-refractivity contribution in [2.45, 2.75) is 13.3 Å². The number of halogens is 1. The molecule has 0 spiro atoms. The maximum Gasteiger partial charge on any atom is 0.244 e. The third kappa shape index (κ3) is 4.63. The number of rotatable bonds is 5. The lowest BCUT2D eigenvalue weighted by Crippen LogP contribution is -2.39. The monoisotopic (exact) mass is 448 g/mol. The number of aryl methyl sites for hydroxylation is 1. The van der Waals surface area contributed by atoms with E-state index in [2.05, 4.69) is 15.3 Å². The van der Waals surface area contributed by atoms with Crippen LogP contribution in [0.1, 0.15) is 17.5 Å². The van der Waals surface area contributed by atoms with Crippen LogP contribution in [0.15, 0.2) is 65.8 Å². The third-order valence-corrected chi connectivity index (χ3v) is 5.46. The van der Waals surface area contributed by atoms with Gasteiger partial charge in [-0.25, -0.2) is 9.98 Å². The first-order chi connectivity index (χ1) is 15.4. The summed E-state index contributed by atoms with van der Waals surface area (Å²) in [7, 11) is 1.58. The molecule has 8 heteroatoms. The Kier molecular flexibility index (Phi) is 6.18. The number of nitrogens with one attached hydrogen (secondary N) is 1. The lowest BCUT2D eigenvalue weighted by molar-refractivity contribution is -0.120.